The highest BCUT2D eigenvalue weighted by Crippen LogP contribution is 2.39. The number of piperidine rings is 1. The molecule has 0 radical (unpaired) electrons. The molecular weight excluding hydrogens is 182 g/mol. The van der Waals surface area contributed by atoms with Crippen molar-refractivity contribution in [3.63, 3.8) is 0 Å². The zero-order valence-corrected chi connectivity index (χ0v) is 10.6. The third kappa shape index (κ3) is 2.75. The van der Waals surface area contributed by atoms with Crippen LogP contribution in [0.4, 0.5) is 0 Å². The molecule has 1 saturated heterocycles. The van der Waals surface area contributed by atoms with Gasteiger partial charge in [0.15, 0.2) is 0 Å². The summed E-state index contributed by atoms with van der Waals surface area (Å²) < 4.78 is 0. The maximum Gasteiger partial charge on any atom is -0.00176 e. The summed E-state index contributed by atoms with van der Waals surface area (Å²) in [5.74, 6) is 4.82. The van der Waals surface area contributed by atoms with E-state index in [1.807, 2.05) is 0 Å². The first kappa shape index (κ1) is 11.4. The lowest BCUT2D eigenvalue weighted by atomic mass is 9.69. The van der Waals surface area contributed by atoms with E-state index in [2.05, 4.69) is 26.1 Å². The van der Waals surface area contributed by atoms with Crippen LogP contribution in [0.5, 0.6) is 0 Å². The van der Waals surface area contributed by atoms with Crippen LogP contribution < -0.4 is 5.32 Å². The summed E-state index contributed by atoms with van der Waals surface area (Å²) in [6, 6.07) is 0. The highest BCUT2D eigenvalue weighted by atomic mass is 14.9. The molecule has 1 heteroatoms. The zero-order valence-electron chi connectivity index (χ0n) is 10.6. The summed E-state index contributed by atoms with van der Waals surface area (Å²) in [6.07, 6.45) is 5.92. The van der Waals surface area contributed by atoms with Crippen molar-refractivity contribution in [1.29, 1.82) is 0 Å². The van der Waals surface area contributed by atoms with Crippen LogP contribution in [0.15, 0.2) is 0 Å². The fourth-order valence-electron chi connectivity index (χ4n) is 3.58. The molecule has 0 aromatic carbocycles. The minimum atomic E-state index is 0.901. The Morgan fingerprint density at radius 3 is 2.27 bits per heavy atom. The monoisotopic (exact) mass is 209 g/mol. The molecule has 0 aromatic heterocycles. The fraction of sp³-hybridized carbons (Fsp3) is 1.00. The molecule has 1 aliphatic carbocycles. The van der Waals surface area contributed by atoms with Crippen LogP contribution in [0, 0.1) is 29.6 Å². The van der Waals surface area contributed by atoms with Gasteiger partial charge in [-0.25, -0.2) is 0 Å². The normalized spacial score (nSPS) is 47.8. The molecule has 0 aromatic rings. The molecule has 2 rings (SSSR count). The SMILES string of the molecule is CC1CNCC(C2CCC(C)C(C)C2)C1. The van der Waals surface area contributed by atoms with Crippen molar-refractivity contribution in [3.05, 3.63) is 0 Å². The summed E-state index contributed by atoms with van der Waals surface area (Å²) in [7, 11) is 0. The Morgan fingerprint density at radius 2 is 1.60 bits per heavy atom. The van der Waals surface area contributed by atoms with E-state index in [-0.39, 0.29) is 0 Å². The lowest BCUT2D eigenvalue weighted by molar-refractivity contribution is 0.124. The van der Waals surface area contributed by atoms with E-state index >= 15 is 0 Å². The number of hydrogen-bond donors (Lipinski definition) is 1. The summed E-state index contributed by atoms with van der Waals surface area (Å²) >= 11 is 0. The van der Waals surface area contributed by atoms with Gasteiger partial charge >= 0.3 is 0 Å². The molecule has 2 fully saturated rings. The fourth-order valence-corrected chi connectivity index (χ4v) is 3.58. The molecule has 88 valence electrons. The van der Waals surface area contributed by atoms with Crippen LogP contribution in [0.3, 0.4) is 0 Å². The van der Waals surface area contributed by atoms with Gasteiger partial charge in [0.1, 0.15) is 0 Å². The Morgan fingerprint density at radius 1 is 0.800 bits per heavy atom. The highest BCUT2D eigenvalue weighted by molar-refractivity contribution is 4.84. The average Bonchev–Trinajstić information content (AvgIpc) is 2.22. The molecule has 5 unspecified atom stereocenters. The molecule has 5 atom stereocenters. The largest absolute Gasteiger partial charge is 0.316 e. The molecule has 0 amide bonds. The standard InChI is InChI=1S/C14H27N/c1-10-6-14(9-15-8-10)13-5-4-11(2)12(3)7-13/h10-15H,4-9H2,1-3H3. The third-order valence-corrected chi connectivity index (χ3v) is 4.91. The zero-order chi connectivity index (χ0) is 10.8. The van der Waals surface area contributed by atoms with Crippen molar-refractivity contribution in [2.45, 2.75) is 46.5 Å². The van der Waals surface area contributed by atoms with Crippen LogP contribution in [0.25, 0.3) is 0 Å². The molecule has 2 aliphatic rings. The molecular formula is C14H27N. The van der Waals surface area contributed by atoms with Crippen LogP contribution in [-0.2, 0) is 0 Å². The van der Waals surface area contributed by atoms with Gasteiger partial charge in [0.05, 0.1) is 0 Å². The summed E-state index contributed by atoms with van der Waals surface area (Å²) in [4.78, 5) is 0. The minimum absolute atomic E-state index is 0.901. The van der Waals surface area contributed by atoms with Gasteiger partial charge in [-0.05, 0) is 61.9 Å². The molecule has 1 aliphatic heterocycles. The van der Waals surface area contributed by atoms with Crippen molar-refractivity contribution >= 4 is 0 Å². The lowest BCUT2D eigenvalue weighted by Crippen LogP contribution is -2.40. The first-order valence-electron chi connectivity index (χ1n) is 6.87. The first-order chi connectivity index (χ1) is 7.16. The van der Waals surface area contributed by atoms with Crippen molar-refractivity contribution < 1.29 is 0 Å². The quantitative estimate of drug-likeness (QED) is 0.698. The maximum absolute atomic E-state index is 3.61. The predicted molar refractivity (Wildman–Crippen MR) is 65.8 cm³/mol. The molecule has 0 spiro atoms. The lowest BCUT2D eigenvalue weighted by Gasteiger charge is -2.40. The van der Waals surface area contributed by atoms with Crippen LogP contribution in [-0.4, -0.2) is 13.1 Å². The maximum atomic E-state index is 3.61. The van der Waals surface area contributed by atoms with E-state index in [9.17, 15) is 0 Å². The second-order valence-electron chi connectivity index (χ2n) is 6.29. The first-order valence-corrected chi connectivity index (χ1v) is 6.87. The summed E-state index contributed by atoms with van der Waals surface area (Å²) in [5.41, 5.74) is 0. The van der Waals surface area contributed by atoms with Gasteiger partial charge < -0.3 is 5.32 Å². The molecule has 1 heterocycles. The topological polar surface area (TPSA) is 12.0 Å². The average molecular weight is 209 g/mol. The molecule has 1 nitrogen and oxygen atoms in total. The van der Waals surface area contributed by atoms with Gasteiger partial charge in [-0.1, -0.05) is 27.2 Å². The van der Waals surface area contributed by atoms with Crippen molar-refractivity contribution in [2.24, 2.45) is 29.6 Å². The van der Waals surface area contributed by atoms with Crippen molar-refractivity contribution in [1.82, 2.24) is 5.32 Å². The van der Waals surface area contributed by atoms with E-state index in [1.54, 1.807) is 0 Å². The van der Waals surface area contributed by atoms with E-state index < -0.39 is 0 Å². The summed E-state index contributed by atoms with van der Waals surface area (Å²) in [5, 5.41) is 3.61. The predicted octanol–water partition coefficient (Wildman–Crippen LogP) is 3.30. The third-order valence-electron chi connectivity index (χ3n) is 4.91. The van der Waals surface area contributed by atoms with Gasteiger partial charge in [0.2, 0.25) is 0 Å². The van der Waals surface area contributed by atoms with Gasteiger partial charge in [0, 0.05) is 0 Å². The molecule has 15 heavy (non-hydrogen) atoms. The van der Waals surface area contributed by atoms with Gasteiger partial charge in [-0.3, -0.25) is 0 Å². The van der Waals surface area contributed by atoms with E-state index in [0.717, 1.165) is 29.6 Å². The molecule has 0 bridgehead atoms. The van der Waals surface area contributed by atoms with E-state index in [4.69, 9.17) is 0 Å². The Hall–Kier alpha value is -0.0400. The van der Waals surface area contributed by atoms with Gasteiger partial charge in [-0.2, -0.15) is 0 Å². The number of rotatable bonds is 1. The van der Waals surface area contributed by atoms with Crippen LogP contribution >= 0.6 is 0 Å². The van der Waals surface area contributed by atoms with Crippen LogP contribution in [0.2, 0.25) is 0 Å². The Kier molecular flexibility index (Phi) is 3.71. The number of hydrogen-bond acceptors (Lipinski definition) is 1. The van der Waals surface area contributed by atoms with E-state index in [1.165, 1.54) is 38.8 Å². The van der Waals surface area contributed by atoms with E-state index in [0.29, 0.717) is 0 Å². The molecule has 1 saturated carbocycles. The second kappa shape index (κ2) is 4.86. The number of nitrogens with one attached hydrogen (secondary N) is 1. The van der Waals surface area contributed by atoms with Gasteiger partial charge in [0.25, 0.3) is 0 Å². The van der Waals surface area contributed by atoms with Crippen LogP contribution in [0.1, 0.15) is 46.5 Å². The highest BCUT2D eigenvalue weighted by Gasteiger charge is 2.32. The summed E-state index contributed by atoms with van der Waals surface area (Å²) in [6.45, 7) is 9.82. The Balaban J connectivity index is 1.87. The minimum Gasteiger partial charge on any atom is -0.316 e. The Bertz CT molecular complexity index is 202. The smallest absolute Gasteiger partial charge is 0.00176 e. The Labute approximate surface area is 95.0 Å². The van der Waals surface area contributed by atoms with Gasteiger partial charge in [-0.15, -0.1) is 0 Å². The van der Waals surface area contributed by atoms with Crippen molar-refractivity contribution in [2.75, 3.05) is 13.1 Å². The van der Waals surface area contributed by atoms with Crippen molar-refractivity contribution in [3.8, 4) is 0 Å². The molecule has 1 N–H and O–H groups in total. The second-order valence-corrected chi connectivity index (χ2v) is 6.29.